The quantitative estimate of drug-likeness (QED) is 0.785. The zero-order valence-electron chi connectivity index (χ0n) is 17.5. The van der Waals surface area contributed by atoms with Crippen molar-refractivity contribution in [3.63, 3.8) is 0 Å². The minimum Gasteiger partial charge on any atom is -0.351 e. The molecule has 3 rings (SSSR count). The van der Waals surface area contributed by atoms with Crippen molar-refractivity contribution in [2.75, 3.05) is 5.75 Å². The Hall–Kier alpha value is -1.34. The molecule has 2 heterocycles. The second-order valence-electron chi connectivity index (χ2n) is 9.81. The number of hydrogen-bond acceptors (Lipinski definition) is 4. The summed E-state index contributed by atoms with van der Waals surface area (Å²) in [6.07, 6.45) is 7.54. The monoisotopic (exact) mass is 394 g/mol. The van der Waals surface area contributed by atoms with Gasteiger partial charge in [0.1, 0.15) is 0 Å². The average molecular weight is 395 g/mol. The third-order valence-corrected chi connectivity index (χ3v) is 11.0. The molecule has 0 bridgehead atoms. The third-order valence-electron chi connectivity index (χ3n) is 6.12. The Labute approximate surface area is 163 Å². The van der Waals surface area contributed by atoms with Gasteiger partial charge in [-0.05, 0) is 31.6 Å². The molecule has 2 aromatic heterocycles. The predicted octanol–water partition coefficient (Wildman–Crippen LogP) is 4.73. The maximum atomic E-state index is 11.9. The molecule has 2 N–H and O–H groups in total. The first-order chi connectivity index (χ1) is 12.4. The number of imidazole rings is 1. The van der Waals surface area contributed by atoms with E-state index in [-0.39, 0.29) is 15.1 Å². The van der Waals surface area contributed by atoms with Crippen molar-refractivity contribution in [1.29, 1.82) is 0 Å². The highest BCUT2D eigenvalue weighted by molar-refractivity contribution is 8.31. The molecule has 0 aliphatic heterocycles. The van der Waals surface area contributed by atoms with Gasteiger partial charge in [0.25, 0.3) is 5.56 Å². The van der Waals surface area contributed by atoms with E-state index in [1.54, 1.807) is 6.33 Å². The number of rotatable bonds is 4. The van der Waals surface area contributed by atoms with Gasteiger partial charge in [0, 0.05) is 21.3 Å². The van der Waals surface area contributed by atoms with Crippen LogP contribution in [-0.4, -0.2) is 39.3 Å². The summed E-state index contributed by atoms with van der Waals surface area (Å²) in [5, 5.41) is 0. The molecule has 152 valence electrons. The van der Waals surface area contributed by atoms with Crippen LogP contribution in [0.15, 0.2) is 17.4 Å². The van der Waals surface area contributed by atoms with Crippen molar-refractivity contribution >= 4 is 21.5 Å². The van der Waals surface area contributed by atoms with E-state index in [0.717, 1.165) is 31.4 Å². The zero-order chi connectivity index (χ0) is 20.0. The highest BCUT2D eigenvalue weighted by Gasteiger charge is 2.44. The molecule has 0 amide bonds. The summed E-state index contributed by atoms with van der Waals surface area (Å²) in [5.74, 6) is 1.48. The zero-order valence-corrected chi connectivity index (χ0v) is 18.3. The summed E-state index contributed by atoms with van der Waals surface area (Å²) in [6, 6.07) is 0.335. The van der Waals surface area contributed by atoms with Gasteiger partial charge in [-0.1, -0.05) is 41.5 Å². The van der Waals surface area contributed by atoms with E-state index in [9.17, 15) is 9.35 Å². The smallest absolute Gasteiger partial charge is 0.278 e. The van der Waals surface area contributed by atoms with Gasteiger partial charge in [-0.2, -0.15) is 0 Å². The van der Waals surface area contributed by atoms with Crippen LogP contribution in [0.5, 0.6) is 0 Å². The molecule has 6 nitrogen and oxygen atoms in total. The molecule has 0 radical (unpaired) electrons. The van der Waals surface area contributed by atoms with E-state index in [2.05, 4.69) is 61.1 Å². The van der Waals surface area contributed by atoms with Gasteiger partial charge in [0.15, 0.2) is 11.2 Å². The average Bonchev–Trinajstić information content (AvgIpc) is 3.17. The molecule has 1 aliphatic carbocycles. The first-order valence-corrected chi connectivity index (χ1v) is 11.6. The van der Waals surface area contributed by atoms with E-state index in [1.807, 2.05) is 0 Å². The molecule has 2 atom stereocenters. The van der Waals surface area contributed by atoms with Crippen molar-refractivity contribution in [2.24, 2.45) is 5.92 Å². The van der Waals surface area contributed by atoms with E-state index in [0.29, 0.717) is 23.1 Å². The van der Waals surface area contributed by atoms with Crippen molar-refractivity contribution in [2.45, 2.75) is 82.8 Å². The first-order valence-electron chi connectivity index (χ1n) is 9.87. The molecular weight excluding hydrogens is 360 g/mol. The second kappa shape index (κ2) is 6.92. The predicted molar refractivity (Wildman–Crippen MR) is 114 cm³/mol. The lowest BCUT2D eigenvalue weighted by molar-refractivity contribution is 0.465. The fourth-order valence-electron chi connectivity index (χ4n) is 4.56. The topological polar surface area (TPSA) is 83.8 Å². The van der Waals surface area contributed by atoms with E-state index in [1.165, 1.54) is 6.33 Å². The number of nitrogens with one attached hydrogen (secondary N) is 1. The molecule has 27 heavy (non-hydrogen) atoms. The lowest BCUT2D eigenvalue weighted by Crippen LogP contribution is -2.40. The van der Waals surface area contributed by atoms with Crippen molar-refractivity contribution in [3.05, 3.63) is 23.0 Å². The molecule has 2 aromatic rings. The fraction of sp³-hybridized carbons (Fsp3) is 0.750. The van der Waals surface area contributed by atoms with E-state index in [4.69, 9.17) is 0 Å². The van der Waals surface area contributed by atoms with Crippen molar-refractivity contribution < 1.29 is 4.55 Å². The van der Waals surface area contributed by atoms with Crippen molar-refractivity contribution in [1.82, 2.24) is 19.5 Å². The van der Waals surface area contributed by atoms with Gasteiger partial charge in [-0.25, -0.2) is 9.97 Å². The fourth-order valence-corrected chi connectivity index (χ4v) is 8.30. The SMILES string of the molecule is CC(C)(C)S(O)(CCC1CCC(n2cnc3c(=O)[nH]cnc32)C1)C(C)(C)C. The molecule has 1 aliphatic rings. The number of H-pyrrole nitrogens is 1. The Morgan fingerprint density at radius 1 is 1.19 bits per heavy atom. The van der Waals surface area contributed by atoms with Crippen LogP contribution in [0.2, 0.25) is 0 Å². The van der Waals surface area contributed by atoms with Gasteiger partial charge in [-0.15, -0.1) is 10.3 Å². The van der Waals surface area contributed by atoms with Crippen LogP contribution in [0, 0.1) is 5.92 Å². The Morgan fingerprint density at radius 3 is 2.48 bits per heavy atom. The van der Waals surface area contributed by atoms with Crippen LogP contribution in [-0.2, 0) is 0 Å². The minimum absolute atomic E-state index is 0.0885. The highest BCUT2D eigenvalue weighted by Crippen LogP contribution is 2.65. The summed E-state index contributed by atoms with van der Waals surface area (Å²) in [7, 11) is -1.75. The molecule has 7 heteroatoms. The molecule has 0 saturated heterocycles. The first kappa shape index (κ1) is 20.4. The lowest BCUT2D eigenvalue weighted by Gasteiger charge is -2.55. The lowest BCUT2D eigenvalue weighted by atomic mass is 10.1. The number of nitrogens with zero attached hydrogens (tertiary/aromatic N) is 3. The molecule has 1 saturated carbocycles. The van der Waals surface area contributed by atoms with Crippen LogP contribution < -0.4 is 5.56 Å². The van der Waals surface area contributed by atoms with E-state index < -0.39 is 10.3 Å². The molecular formula is C20H34N4O2S. The van der Waals surface area contributed by atoms with Gasteiger partial charge in [0.05, 0.1) is 12.7 Å². The van der Waals surface area contributed by atoms with Crippen LogP contribution in [0.3, 0.4) is 0 Å². The Kier molecular flexibility index (Phi) is 5.23. The standard InChI is InChI=1S/C20H34N4O2S/c1-19(2,3)27(26,20(4,5)6)10-9-14-7-8-15(11-14)24-13-23-16-17(24)21-12-22-18(16)25/h12-15,26H,7-11H2,1-6H3,(H,21,22,25). The number of aromatic nitrogens is 4. The van der Waals surface area contributed by atoms with Gasteiger partial charge >= 0.3 is 0 Å². The molecule has 1 fully saturated rings. The largest absolute Gasteiger partial charge is 0.351 e. The van der Waals surface area contributed by atoms with Gasteiger partial charge in [0.2, 0.25) is 0 Å². The minimum atomic E-state index is -1.75. The molecule has 0 spiro atoms. The molecule has 0 aromatic carbocycles. The Bertz CT molecular complexity index is 845. The Morgan fingerprint density at radius 2 is 1.85 bits per heavy atom. The summed E-state index contributed by atoms with van der Waals surface area (Å²) >= 11 is 0. The van der Waals surface area contributed by atoms with Crippen LogP contribution >= 0.6 is 10.3 Å². The maximum absolute atomic E-state index is 11.9. The number of aromatic amines is 1. The van der Waals surface area contributed by atoms with Crippen LogP contribution in [0.4, 0.5) is 0 Å². The number of fused-ring (bicyclic) bond motifs is 1. The number of hydrogen-bond donors (Lipinski definition) is 2. The van der Waals surface area contributed by atoms with Crippen LogP contribution in [0.1, 0.15) is 73.3 Å². The second-order valence-corrected chi connectivity index (χ2v) is 14.1. The molecule has 2 unspecified atom stereocenters. The normalized spacial score (nSPS) is 22.5. The third kappa shape index (κ3) is 3.68. The summed E-state index contributed by atoms with van der Waals surface area (Å²) < 4.78 is 13.5. The summed E-state index contributed by atoms with van der Waals surface area (Å²) in [4.78, 5) is 23.0. The van der Waals surface area contributed by atoms with Gasteiger partial charge < -0.3 is 14.1 Å². The van der Waals surface area contributed by atoms with E-state index >= 15 is 0 Å². The summed E-state index contributed by atoms with van der Waals surface area (Å²) in [5.41, 5.74) is 0.911. The van der Waals surface area contributed by atoms with Gasteiger partial charge in [-0.3, -0.25) is 4.79 Å². The maximum Gasteiger partial charge on any atom is 0.278 e. The Balaban J connectivity index is 1.71. The highest BCUT2D eigenvalue weighted by atomic mass is 32.3. The van der Waals surface area contributed by atoms with Crippen molar-refractivity contribution in [3.8, 4) is 0 Å². The summed E-state index contributed by atoms with van der Waals surface area (Å²) in [6.45, 7) is 13.0. The van der Waals surface area contributed by atoms with Crippen LogP contribution in [0.25, 0.3) is 11.2 Å².